The van der Waals surface area contributed by atoms with E-state index < -0.39 is 46.3 Å². The van der Waals surface area contributed by atoms with E-state index in [0.717, 1.165) is 12.1 Å². The maximum absolute atomic E-state index is 13.9. The summed E-state index contributed by atoms with van der Waals surface area (Å²) in [6.07, 6.45) is -4.53. The number of nitrogens with zero attached hydrogens (tertiary/aromatic N) is 2. The number of carbonyl (C=O) groups is 2. The topological polar surface area (TPSA) is 78.7 Å². The molecule has 0 spiro atoms. The highest BCUT2D eigenvalue weighted by molar-refractivity contribution is 6.31. The molecule has 3 amide bonds. The summed E-state index contributed by atoms with van der Waals surface area (Å²) < 4.78 is 79.6. The quantitative estimate of drug-likeness (QED) is 0.436. The highest BCUT2D eigenvalue weighted by atomic mass is 35.5. The number of amides is 3. The van der Waals surface area contributed by atoms with E-state index in [-0.39, 0.29) is 55.2 Å². The monoisotopic (exact) mass is 534 g/mol. The normalized spacial score (nSPS) is 20.1. The molecule has 2 aromatic carbocycles. The Morgan fingerprint density at radius 3 is 2.31 bits per heavy atom. The number of alkyl halides is 3. The van der Waals surface area contributed by atoms with E-state index in [0.29, 0.717) is 18.6 Å². The standard InChI is InChI=1S/C23H21ClF6N4O2/c24-17-2-1-13(6-16(17)23(28,29)30)32-22(36)34-10-14-7-15(34)9-33(14)21(35)5-12(31)3-11-4-19(26)20(27)8-18(11)25/h1-2,4,6,8,12,14-15H,3,5,7,9-10,31H2,(H,32,36)/t12-,14-,15-/m1/s1. The summed E-state index contributed by atoms with van der Waals surface area (Å²) in [4.78, 5) is 28.4. The fourth-order valence-electron chi connectivity index (χ4n) is 4.65. The van der Waals surface area contributed by atoms with Gasteiger partial charge in [-0.25, -0.2) is 18.0 Å². The van der Waals surface area contributed by atoms with Crippen molar-refractivity contribution in [1.29, 1.82) is 0 Å². The summed E-state index contributed by atoms with van der Waals surface area (Å²) in [6, 6.07) is 2.10. The second kappa shape index (κ2) is 9.81. The lowest BCUT2D eigenvalue weighted by atomic mass is 10.0. The summed E-state index contributed by atoms with van der Waals surface area (Å²) >= 11 is 5.60. The van der Waals surface area contributed by atoms with Crippen LogP contribution in [0.25, 0.3) is 0 Å². The molecule has 2 aromatic rings. The Hall–Kier alpha value is -2.99. The lowest BCUT2D eigenvalue weighted by Gasteiger charge is -2.34. The number of fused-ring (bicyclic) bond motifs is 2. The van der Waals surface area contributed by atoms with Gasteiger partial charge in [-0.05, 0) is 42.7 Å². The largest absolute Gasteiger partial charge is 0.417 e. The summed E-state index contributed by atoms with van der Waals surface area (Å²) in [6.45, 7) is 0.382. The number of piperazine rings is 1. The Morgan fingerprint density at radius 2 is 1.67 bits per heavy atom. The van der Waals surface area contributed by atoms with Gasteiger partial charge in [-0.3, -0.25) is 4.79 Å². The van der Waals surface area contributed by atoms with Crippen LogP contribution in [0.4, 0.5) is 36.8 Å². The molecule has 0 aliphatic carbocycles. The number of hydrogen-bond donors (Lipinski definition) is 2. The highest BCUT2D eigenvalue weighted by Gasteiger charge is 2.47. The molecule has 36 heavy (non-hydrogen) atoms. The zero-order valence-electron chi connectivity index (χ0n) is 18.6. The van der Waals surface area contributed by atoms with Gasteiger partial charge in [-0.15, -0.1) is 0 Å². The third kappa shape index (κ3) is 5.39. The second-order valence-corrected chi connectivity index (χ2v) is 9.30. The predicted octanol–water partition coefficient (Wildman–Crippen LogP) is 4.55. The molecule has 3 atom stereocenters. The first-order chi connectivity index (χ1) is 16.8. The third-order valence-corrected chi connectivity index (χ3v) is 6.68. The average Bonchev–Trinajstić information content (AvgIpc) is 3.39. The molecule has 0 radical (unpaired) electrons. The SMILES string of the molecule is N[C@@H](CC(=O)N1C[C@H]2C[C@@H]1CN2C(=O)Nc1ccc(Cl)c(C(F)(F)F)c1)Cc1cc(F)c(F)cc1F. The van der Waals surface area contributed by atoms with Crippen LogP contribution in [0, 0.1) is 17.5 Å². The number of rotatable bonds is 5. The van der Waals surface area contributed by atoms with E-state index >= 15 is 0 Å². The first-order valence-electron chi connectivity index (χ1n) is 11.0. The molecule has 2 saturated heterocycles. The molecule has 2 aliphatic rings. The van der Waals surface area contributed by atoms with Crippen molar-refractivity contribution < 1.29 is 35.9 Å². The van der Waals surface area contributed by atoms with E-state index in [1.165, 1.54) is 11.0 Å². The molecule has 0 unspecified atom stereocenters. The molecule has 194 valence electrons. The number of nitrogens with two attached hydrogens (primary N) is 1. The Kier molecular flexibility index (Phi) is 7.11. The minimum absolute atomic E-state index is 0.0668. The summed E-state index contributed by atoms with van der Waals surface area (Å²) in [7, 11) is 0. The van der Waals surface area contributed by atoms with Gasteiger partial charge in [0.2, 0.25) is 5.91 Å². The maximum atomic E-state index is 13.9. The van der Waals surface area contributed by atoms with Crippen molar-refractivity contribution in [2.75, 3.05) is 18.4 Å². The fourth-order valence-corrected chi connectivity index (χ4v) is 4.88. The van der Waals surface area contributed by atoms with Crippen molar-refractivity contribution in [2.45, 2.75) is 43.6 Å². The van der Waals surface area contributed by atoms with E-state index in [2.05, 4.69) is 5.32 Å². The Bertz CT molecular complexity index is 1190. The number of anilines is 1. The van der Waals surface area contributed by atoms with Crippen LogP contribution in [0.3, 0.4) is 0 Å². The van der Waals surface area contributed by atoms with Gasteiger partial charge in [-0.2, -0.15) is 13.2 Å². The van der Waals surface area contributed by atoms with Gasteiger partial charge >= 0.3 is 12.2 Å². The van der Waals surface area contributed by atoms with Crippen molar-refractivity contribution in [1.82, 2.24) is 9.80 Å². The summed E-state index contributed by atoms with van der Waals surface area (Å²) in [5.74, 6) is -3.82. The van der Waals surface area contributed by atoms with Crippen LogP contribution in [-0.4, -0.2) is 53.0 Å². The number of likely N-dealkylation sites (tertiary alicyclic amines) is 2. The fraction of sp³-hybridized carbons (Fsp3) is 0.391. The van der Waals surface area contributed by atoms with Crippen molar-refractivity contribution in [3.05, 3.63) is 63.9 Å². The third-order valence-electron chi connectivity index (χ3n) is 6.35. The molecule has 0 aromatic heterocycles. The van der Waals surface area contributed by atoms with Crippen LogP contribution < -0.4 is 11.1 Å². The lowest BCUT2D eigenvalue weighted by Crippen LogP contribution is -2.52. The first kappa shape index (κ1) is 26.1. The molecular formula is C23H21ClF6N4O2. The Morgan fingerprint density at radius 1 is 1.03 bits per heavy atom. The average molecular weight is 535 g/mol. The lowest BCUT2D eigenvalue weighted by molar-refractivity contribution is -0.137. The molecule has 2 heterocycles. The zero-order valence-corrected chi connectivity index (χ0v) is 19.3. The summed E-state index contributed by atoms with van der Waals surface area (Å²) in [5, 5.41) is 1.95. The van der Waals surface area contributed by atoms with Gasteiger partial charge < -0.3 is 20.9 Å². The van der Waals surface area contributed by atoms with E-state index in [4.69, 9.17) is 17.3 Å². The molecule has 0 saturated carbocycles. The van der Waals surface area contributed by atoms with Crippen molar-refractivity contribution in [3.63, 3.8) is 0 Å². The number of nitrogens with one attached hydrogen (secondary N) is 1. The molecule has 2 bridgehead atoms. The maximum Gasteiger partial charge on any atom is 0.417 e. The van der Waals surface area contributed by atoms with Crippen LogP contribution in [0.15, 0.2) is 30.3 Å². The summed E-state index contributed by atoms with van der Waals surface area (Å²) in [5.41, 5.74) is 4.67. The Balaban J connectivity index is 1.32. The number of hydrogen-bond acceptors (Lipinski definition) is 3. The van der Waals surface area contributed by atoms with Gasteiger partial charge in [0.1, 0.15) is 5.82 Å². The van der Waals surface area contributed by atoms with E-state index in [1.54, 1.807) is 4.90 Å². The first-order valence-corrected chi connectivity index (χ1v) is 11.3. The van der Waals surface area contributed by atoms with Gasteiger partial charge in [0, 0.05) is 37.3 Å². The van der Waals surface area contributed by atoms with E-state index in [1.807, 2.05) is 0 Å². The molecular weight excluding hydrogens is 514 g/mol. The van der Waals surface area contributed by atoms with Crippen LogP contribution in [0.5, 0.6) is 0 Å². The van der Waals surface area contributed by atoms with Crippen molar-refractivity contribution in [2.24, 2.45) is 5.73 Å². The molecule has 13 heteroatoms. The van der Waals surface area contributed by atoms with E-state index in [9.17, 15) is 35.9 Å². The van der Waals surface area contributed by atoms with Crippen molar-refractivity contribution in [3.8, 4) is 0 Å². The molecule has 3 N–H and O–H groups in total. The van der Waals surface area contributed by atoms with Crippen LogP contribution >= 0.6 is 11.6 Å². The van der Waals surface area contributed by atoms with Gasteiger partial charge in [0.25, 0.3) is 0 Å². The molecule has 2 aliphatic heterocycles. The zero-order chi connectivity index (χ0) is 26.4. The Labute approximate surface area is 207 Å². The van der Waals surface area contributed by atoms with Crippen LogP contribution in [0.2, 0.25) is 5.02 Å². The minimum Gasteiger partial charge on any atom is -0.336 e. The van der Waals surface area contributed by atoms with Gasteiger partial charge in [0.05, 0.1) is 22.7 Å². The number of urea groups is 1. The minimum atomic E-state index is -4.68. The highest BCUT2D eigenvalue weighted by Crippen LogP contribution is 2.37. The number of benzene rings is 2. The smallest absolute Gasteiger partial charge is 0.336 e. The molecule has 2 fully saturated rings. The van der Waals surface area contributed by atoms with Crippen LogP contribution in [0.1, 0.15) is 24.0 Å². The molecule has 6 nitrogen and oxygen atoms in total. The number of carbonyl (C=O) groups excluding carboxylic acids is 2. The predicted molar refractivity (Wildman–Crippen MR) is 119 cm³/mol. The van der Waals surface area contributed by atoms with Gasteiger partial charge in [-0.1, -0.05) is 11.6 Å². The van der Waals surface area contributed by atoms with Crippen molar-refractivity contribution >= 4 is 29.2 Å². The number of halogens is 7. The van der Waals surface area contributed by atoms with Gasteiger partial charge in [0.15, 0.2) is 11.6 Å². The molecule has 4 rings (SSSR count). The van der Waals surface area contributed by atoms with Crippen LogP contribution in [-0.2, 0) is 17.4 Å². The second-order valence-electron chi connectivity index (χ2n) is 8.89.